The zero-order valence-corrected chi connectivity index (χ0v) is 14.5. The number of benzene rings is 1. The minimum atomic E-state index is 0.521. The molecular weight excluding hydrogens is 312 g/mol. The first kappa shape index (κ1) is 15.8. The molecule has 0 saturated carbocycles. The standard InChI is InChI=1S/C17H27BrN2/c1-13(2)19-12-15-8-9-16(11-17(15)18)20-10-6-4-5-7-14(20)3/h8-9,11,13-14,19H,4-7,10,12H2,1-3H3. The van der Waals surface area contributed by atoms with Crippen molar-refractivity contribution in [2.24, 2.45) is 0 Å². The SMILES string of the molecule is CC(C)NCc1ccc(N2CCCCCC2C)cc1Br. The molecule has 1 heterocycles. The fourth-order valence-electron chi connectivity index (χ4n) is 2.83. The highest BCUT2D eigenvalue weighted by Gasteiger charge is 2.17. The van der Waals surface area contributed by atoms with Gasteiger partial charge in [-0.2, -0.15) is 0 Å². The largest absolute Gasteiger partial charge is 0.369 e. The van der Waals surface area contributed by atoms with Crippen molar-refractivity contribution >= 4 is 21.6 Å². The van der Waals surface area contributed by atoms with Crippen LogP contribution in [0.25, 0.3) is 0 Å². The predicted molar refractivity (Wildman–Crippen MR) is 91.4 cm³/mol. The topological polar surface area (TPSA) is 15.3 Å². The summed E-state index contributed by atoms with van der Waals surface area (Å²) in [4.78, 5) is 2.57. The molecule has 1 fully saturated rings. The Morgan fingerprint density at radius 2 is 2.10 bits per heavy atom. The van der Waals surface area contributed by atoms with Crippen molar-refractivity contribution in [2.75, 3.05) is 11.4 Å². The second-order valence-electron chi connectivity index (χ2n) is 6.20. The van der Waals surface area contributed by atoms with E-state index in [0.29, 0.717) is 12.1 Å². The maximum absolute atomic E-state index is 3.74. The highest BCUT2D eigenvalue weighted by Crippen LogP contribution is 2.28. The molecule has 1 N–H and O–H groups in total. The van der Waals surface area contributed by atoms with Crippen molar-refractivity contribution in [1.29, 1.82) is 0 Å². The summed E-state index contributed by atoms with van der Waals surface area (Å²) in [7, 11) is 0. The van der Waals surface area contributed by atoms with Gasteiger partial charge in [-0.15, -0.1) is 0 Å². The van der Waals surface area contributed by atoms with Gasteiger partial charge in [0.05, 0.1) is 0 Å². The first-order valence-electron chi connectivity index (χ1n) is 7.86. The van der Waals surface area contributed by atoms with Crippen LogP contribution in [-0.4, -0.2) is 18.6 Å². The van der Waals surface area contributed by atoms with E-state index in [4.69, 9.17) is 0 Å². The molecule has 1 aliphatic heterocycles. The van der Waals surface area contributed by atoms with E-state index in [2.05, 4.69) is 65.1 Å². The molecule has 0 spiro atoms. The number of rotatable bonds is 4. The number of halogens is 1. The smallest absolute Gasteiger partial charge is 0.0380 e. The van der Waals surface area contributed by atoms with E-state index >= 15 is 0 Å². The molecule has 2 nitrogen and oxygen atoms in total. The summed E-state index contributed by atoms with van der Waals surface area (Å²) in [5, 5.41) is 3.48. The van der Waals surface area contributed by atoms with Gasteiger partial charge in [0.1, 0.15) is 0 Å². The first-order chi connectivity index (χ1) is 9.58. The molecule has 1 aromatic rings. The van der Waals surface area contributed by atoms with E-state index in [1.807, 2.05) is 0 Å². The molecule has 2 rings (SSSR count). The molecule has 1 unspecified atom stereocenters. The Labute approximate surface area is 132 Å². The summed E-state index contributed by atoms with van der Waals surface area (Å²) in [5.41, 5.74) is 2.70. The van der Waals surface area contributed by atoms with Gasteiger partial charge in [0, 0.05) is 35.3 Å². The van der Waals surface area contributed by atoms with Gasteiger partial charge in [0.15, 0.2) is 0 Å². The van der Waals surface area contributed by atoms with Gasteiger partial charge in [-0.05, 0) is 37.5 Å². The number of hydrogen-bond acceptors (Lipinski definition) is 2. The highest BCUT2D eigenvalue weighted by molar-refractivity contribution is 9.10. The van der Waals surface area contributed by atoms with Gasteiger partial charge in [-0.25, -0.2) is 0 Å². The molecular formula is C17H27BrN2. The van der Waals surface area contributed by atoms with Crippen LogP contribution in [0.5, 0.6) is 0 Å². The maximum Gasteiger partial charge on any atom is 0.0380 e. The zero-order valence-electron chi connectivity index (χ0n) is 13.0. The number of nitrogens with one attached hydrogen (secondary N) is 1. The summed E-state index contributed by atoms with van der Waals surface area (Å²) in [6, 6.07) is 8.01. The third-order valence-corrected chi connectivity index (χ3v) is 4.86. The lowest BCUT2D eigenvalue weighted by molar-refractivity contribution is 0.587. The van der Waals surface area contributed by atoms with E-state index in [0.717, 1.165) is 6.54 Å². The van der Waals surface area contributed by atoms with Crippen LogP contribution in [0.15, 0.2) is 22.7 Å². The third-order valence-electron chi connectivity index (χ3n) is 4.12. The maximum atomic E-state index is 3.74. The summed E-state index contributed by atoms with van der Waals surface area (Å²) >= 11 is 3.74. The minimum absolute atomic E-state index is 0.521. The van der Waals surface area contributed by atoms with E-state index < -0.39 is 0 Å². The van der Waals surface area contributed by atoms with Gasteiger partial charge in [0.25, 0.3) is 0 Å². The van der Waals surface area contributed by atoms with Gasteiger partial charge in [0.2, 0.25) is 0 Å². The number of hydrogen-bond donors (Lipinski definition) is 1. The predicted octanol–water partition coefficient (Wildman–Crippen LogP) is 4.72. The first-order valence-corrected chi connectivity index (χ1v) is 8.65. The lowest BCUT2D eigenvalue weighted by Gasteiger charge is -2.30. The van der Waals surface area contributed by atoms with E-state index in [9.17, 15) is 0 Å². The Kier molecular flexibility index (Phi) is 5.91. The lowest BCUT2D eigenvalue weighted by atomic mass is 10.1. The molecule has 1 aromatic carbocycles. The summed E-state index contributed by atoms with van der Waals surface area (Å²) < 4.78 is 1.22. The summed E-state index contributed by atoms with van der Waals surface area (Å²) in [6.45, 7) is 8.83. The van der Waals surface area contributed by atoms with Crippen molar-refractivity contribution in [3.8, 4) is 0 Å². The highest BCUT2D eigenvalue weighted by atomic mass is 79.9. The van der Waals surface area contributed by atoms with Gasteiger partial charge < -0.3 is 10.2 Å². The van der Waals surface area contributed by atoms with Crippen LogP contribution in [-0.2, 0) is 6.54 Å². The molecule has 3 heteroatoms. The molecule has 0 radical (unpaired) electrons. The average Bonchev–Trinajstić information content (AvgIpc) is 2.62. The average molecular weight is 339 g/mol. The molecule has 1 aliphatic rings. The Hall–Kier alpha value is -0.540. The number of anilines is 1. The molecule has 112 valence electrons. The van der Waals surface area contributed by atoms with Crippen LogP contribution in [0.1, 0.15) is 52.0 Å². The Balaban J connectivity index is 2.10. The summed E-state index contributed by atoms with van der Waals surface area (Å²) in [6.07, 6.45) is 5.38. The number of nitrogens with zero attached hydrogens (tertiary/aromatic N) is 1. The third kappa shape index (κ3) is 4.23. The van der Waals surface area contributed by atoms with Crippen LogP contribution in [0, 0.1) is 0 Å². The van der Waals surface area contributed by atoms with Gasteiger partial charge in [-0.3, -0.25) is 0 Å². The van der Waals surface area contributed by atoms with Crippen molar-refractivity contribution in [2.45, 2.75) is 65.1 Å². The summed E-state index contributed by atoms with van der Waals surface area (Å²) in [5.74, 6) is 0. The second kappa shape index (κ2) is 7.46. The molecule has 1 atom stereocenters. The Morgan fingerprint density at radius 1 is 1.30 bits per heavy atom. The van der Waals surface area contributed by atoms with Crippen molar-refractivity contribution in [3.63, 3.8) is 0 Å². The fraction of sp³-hybridized carbons (Fsp3) is 0.647. The zero-order chi connectivity index (χ0) is 14.5. The minimum Gasteiger partial charge on any atom is -0.369 e. The van der Waals surface area contributed by atoms with E-state index in [1.54, 1.807) is 0 Å². The van der Waals surface area contributed by atoms with Gasteiger partial charge >= 0.3 is 0 Å². The Morgan fingerprint density at radius 3 is 2.80 bits per heavy atom. The molecule has 0 bridgehead atoms. The molecule has 0 aromatic heterocycles. The van der Waals surface area contributed by atoms with Crippen LogP contribution in [0.3, 0.4) is 0 Å². The molecule has 0 amide bonds. The molecule has 20 heavy (non-hydrogen) atoms. The van der Waals surface area contributed by atoms with E-state index in [1.165, 1.54) is 48.0 Å². The van der Waals surface area contributed by atoms with Crippen LogP contribution in [0.2, 0.25) is 0 Å². The fourth-order valence-corrected chi connectivity index (χ4v) is 3.34. The lowest BCUT2D eigenvalue weighted by Crippen LogP contribution is -2.32. The quantitative estimate of drug-likeness (QED) is 0.854. The second-order valence-corrected chi connectivity index (χ2v) is 7.06. The van der Waals surface area contributed by atoms with Crippen molar-refractivity contribution in [1.82, 2.24) is 5.32 Å². The Bertz CT molecular complexity index is 431. The monoisotopic (exact) mass is 338 g/mol. The van der Waals surface area contributed by atoms with Crippen LogP contribution >= 0.6 is 15.9 Å². The van der Waals surface area contributed by atoms with Crippen molar-refractivity contribution in [3.05, 3.63) is 28.2 Å². The molecule has 0 aliphatic carbocycles. The van der Waals surface area contributed by atoms with Crippen LogP contribution < -0.4 is 10.2 Å². The van der Waals surface area contributed by atoms with Gasteiger partial charge in [-0.1, -0.05) is 48.7 Å². The van der Waals surface area contributed by atoms with E-state index in [-0.39, 0.29) is 0 Å². The molecule has 1 saturated heterocycles. The van der Waals surface area contributed by atoms with Crippen LogP contribution in [0.4, 0.5) is 5.69 Å². The van der Waals surface area contributed by atoms with Crippen molar-refractivity contribution < 1.29 is 0 Å². The normalized spacial score (nSPS) is 20.2.